The van der Waals surface area contributed by atoms with Crippen molar-refractivity contribution in [2.24, 2.45) is 7.05 Å². The van der Waals surface area contributed by atoms with Gasteiger partial charge in [-0.3, -0.25) is 0 Å². The molecule has 4 aromatic rings. The Balaban J connectivity index is 1.60. The highest BCUT2D eigenvalue weighted by Gasteiger charge is 2.29. The Hall–Kier alpha value is -2.87. The first kappa shape index (κ1) is 17.5. The van der Waals surface area contributed by atoms with Crippen LogP contribution in [0.25, 0.3) is 22.6 Å². The molecule has 0 aliphatic rings. The highest BCUT2D eigenvalue weighted by Crippen LogP contribution is 2.32. The summed E-state index contributed by atoms with van der Waals surface area (Å²) in [5.41, 5.74) is 3.63. The number of aryl methyl sites for hydroxylation is 2. The normalized spacial score (nSPS) is 11.9. The molecule has 0 amide bonds. The standard InChI is InChI=1S/C19H15F3N4S/c1-11-3-8-16-14(9-11)24-17(26(16)2)15-10-27-18(25-15)23-13-6-4-12(5-7-13)19(20,21)22/h3-10H,1-2H3,(H,23,25). The van der Waals surface area contributed by atoms with Gasteiger partial charge in [0.15, 0.2) is 11.0 Å². The van der Waals surface area contributed by atoms with Crippen LogP contribution in [-0.4, -0.2) is 14.5 Å². The number of benzene rings is 2. The van der Waals surface area contributed by atoms with Crippen molar-refractivity contribution < 1.29 is 13.2 Å². The van der Waals surface area contributed by atoms with Gasteiger partial charge in [-0.25, -0.2) is 9.97 Å². The SMILES string of the molecule is Cc1ccc2c(c1)nc(-c1csc(Nc3ccc(C(F)(F)F)cc3)n1)n2C. The summed E-state index contributed by atoms with van der Waals surface area (Å²) < 4.78 is 39.9. The van der Waals surface area contributed by atoms with Gasteiger partial charge in [-0.05, 0) is 48.9 Å². The number of hydrogen-bond donors (Lipinski definition) is 1. The van der Waals surface area contributed by atoms with Crippen LogP contribution in [0.5, 0.6) is 0 Å². The molecule has 27 heavy (non-hydrogen) atoms. The summed E-state index contributed by atoms with van der Waals surface area (Å²) >= 11 is 1.37. The van der Waals surface area contributed by atoms with E-state index in [9.17, 15) is 13.2 Å². The lowest BCUT2D eigenvalue weighted by Crippen LogP contribution is -2.04. The lowest BCUT2D eigenvalue weighted by molar-refractivity contribution is -0.137. The molecule has 4 nitrogen and oxygen atoms in total. The molecule has 2 aromatic heterocycles. The minimum absolute atomic E-state index is 0.546. The molecular formula is C19H15F3N4S. The van der Waals surface area contributed by atoms with E-state index in [0.717, 1.165) is 34.6 Å². The molecule has 8 heteroatoms. The van der Waals surface area contributed by atoms with E-state index in [-0.39, 0.29) is 0 Å². The summed E-state index contributed by atoms with van der Waals surface area (Å²) in [4.78, 5) is 9.18. The van der Waals surface area contributed by atoms with E-state index < -0.39 is 11.7 Å². The molecule has 0 saturated heterocycles. The first-order valence-corrected chi connectivity index (χ1v) is 9.02. The van der Waals surface area contributed by atoms with Gasteiger partial charge in [-0.15, -0.1) is 11.3 Å². The third kappa shape index (κ3) is 3.40. The first-order chi connectivity index (χ1) is 12.8. The summed E-state index contributed by atoms with van der Waals surface area (Å²) in [6.45, 7) is 2.02. The number of nitrogens with one attached hydrogen (secondary N) is 1. The number of thiazole rings is 1. The van der Waals surface area contributed by atoms with Crippen LogP contribution in [0.3, 0.4) is 0 Å². The Morgan fingerprint density at radius 3 is 2.48 bits per heavy atom. The number of anilines is 2. The molecule has 0 saturated carbocycles. The fourth-order valence-electron chi connectivity index (χ4n) is 2.84. The minimum Gasteiger partial charge on any atom is -0.332 e. The maximum Gasteiger partial charge on any atom is 0.416 e. The summed E-state index contributed by atoms with van der Waals surface area (Å²) in [5.74, 6) is 0.743. The first-order valence-electron chi connectivity index (χ1n) is 8.14. The number of hydrogen-bond acceptors (Lipinski definition) is 4. The highest BCUT2D eigenvalue weighted by molar-refractivity contribution is 7.14. The number of aromatic nitrogens is 3. The predicted octanol–water partition coefficient (Wildman–Crippen LogP) is 5.77. The average Bonchev–Trinajstić information content (AvgIpc) is 3.19. The zero-order valence-electron chi connectivity index (χ0n) is 14.5. The van der Waals surface area contributed by atoms with E-state index in [1.807, 2.05) is 42.1 Å². The quantitative estimate of drug-likeness (QED) is 0.485. The summed E-state index contributed by atoms with van der Waals surface area (Å²) in [6.07, 6.45) is -4.34. The second-order valence-corrected chi connectivity index (χ2v) is 7.08. The average molecular weight is 388 g/mol. The lowest BCUT2D eigenvalue weighted by Gasteiger charge is -2.07. The van der Waals surface area contributed by atoms with E-state index in [4.69, 9.17) is 0 Å². The fraction of sp³-hybridized carbons (Fsp3) is 0.158. The number of fused-ring (bicyclic) bond motifs is 1. The number of imidazole rings is 1. The largest absolute Gasteiger partial charge is 0.416 e. The van der Waals surface area contributed by atoms with E-state index in [1.54, 1.807) is 0 Å². The molecule has 0 bridgehead atoms. The van der Waals surface area contributed by atoms with Crippen LogP contribution in [0.4, 0.5) is 24.0 Å². The molecule has 0 aliphatic heterocycles. The molecule has 2 heterocycles. The fourth-order valence-corrected chi connectivity index (χ4v) is 3.55. The molecule has 0 unspecified atom stereocenters. The van der Waals surface area contributed by atoms with Gasteiger partial charge in [0, 0.05) is 18.1 Å². The highest BCUT2D eigenvalue weighted by atomic mass is 32.1. The van der Waals surface area contributed by atoms with Crippen LogP contribution in [0.2, 0.25) is 0 Å². The van der Waals surface area contributed by atoms with E-state index in [2.05, 4.69) is 15.3 Å². The van der Waals surface area contributed by atoms with E-state index in [0.29, 0.717) is 16.5 Å². The minimum atomic E-state index is -4.34. The van der Waals surface area contributed by atoms with Crippen molar-refractivity contribution in [1.82, 2.24) is 14.5 Å². The Morgan fingerprint density at radius 1 is 1.04 bits per heavy atom. The van der Waals surface area contributed by atoms with Gasteiger partial charge in [0.05, 0.1) is 16.6 Å². The van der Waals surface area contributed by atoms with Crippen LogP contribution < -0.4 is 5.32 Å². The van der Waals surface area contributed by atoms with Crippen molar-refractivity contribution in [3.8, 4) is 11.5 Å². The summed E-state index contributed by atoms with van der Waals surface area (Å²) in [5, 5.41) is 5.50. The van der Waals surface area contributed by atoms with Gasteiger partial charge in [0.2, 0.25) is 0 Å². The molecule has 0 radical (unpaired) electrons. The molecular weight excluding hydrogens is 373 g/mol. The van der Waals surface area contributed by atoms with Gasteiger partial charge in [0.25, 0.3) is 0 Å². The Bertz CT molecular complexity index is 1110. The molecule has 0 atom stereocenters. The third-order valence-corrected chi connectivity index (χ3v) is 4.99. The smallest absolute Gasteiger partial charge is 0.332 e. The Labute approximate surface area is 157 Å². The van der Waals surface area contributed by atoms with Crippen LogP contribution in [0, 0.1) is 6.92 Å². The molecule has 138 valence electrons. The molecule has 1 N–H and O–H groups in total. The van der Waals surface area contributed by atoms with Crippen molar-refractivity contribution in [2.45, 2.75) is 13.1 Å². The van der Waals surface area contributed by atoms with Gasteiger partial charge < -0.3 is 9.88 Å². The molecule has 0 spiro atoms. The van der Waals surface area contributed by atoms with Crippen molar-refractivity contribution >= 4 is 33.2 Å². The van der Waals surface area contributed by atoms with Crippen LogP contribution in [0.15, 0.2) is 47.8 Å². The van der Waals surface area contributed by atoms with Crippen LogP contribution in [-0.2, 0) is 13.2 Å². The zero-order chi connectivity index (χ0) is 19.2. The Morgan fingerprint density at radius 2 is 1.78 bits per heavy atom. The lowest BCUT2D eigenvalue weighted by atomic mass is 10.2. The zero-order valence-corrected chi connectivity index (χ0v) is 15.3. The Kier molecular flexibility index (Phi) is 4.15. The monoisotopic (exact) mass is 388 g/mol. The van der Waals surface area contributed by atoms with Gasteiger partial charge >= 0.3 is 6.18 Å². The van der Waals surface area contributed by atoms with Gasteiger partial charge in [-0.1, -0.05) is 6.07 Å². The van der Waals surface area contributed by atoms with Crippen LogP contribution in [0.1, 0.15) is 11.1 Å². The number of halogens is 3. The van der Waals surface area contributed by atoms with Gasteiger partial charge in [0.1, 0.15) is 5.69 Å². The number of rotatable bonds is 3. The summed E-state index contributed by atoms with van der Waals surface area (Å²) in [7, 11) is 1.93. The molecule has 0 aliphatic carbocycles. The molecule has 0 fully saturated rings. The van der Waals surface area contributed by atoms with Crippen molar-refractivity contribution in [1.29, 1.82) is 0 Å². The number of alkyl halides is 3. The van der Waals surface area contributed by atoms with Crippen molar-refractivity contribution in [3.63, 3.8) is 0 Å². The van der Waals surface area contributed by atoms with E-state index in [1.165, 1.54) is 23.5 Å². The molecule has 4 rings (SSSR count). The molecule has 2 aromatic carbocycles. The number of nitrogens with zero attached hydrogens (tertiary/aromatic N) is 3. The second kappa shape index (κ2) is 6.38. The van der Waals surface area contributed by atoms with Crippen molar-refractivity contribution in [3.05, 3.63) is 59.0 Å². The summed E-state index contributed by atoms with van der Waals surface area (Å²) in [6, 6.07) is 11.0. The predicted molar refractivity (Wildman–Crippen MR) is 101 cm³/mol. The maximum absolute atomic E-state index is 12.6. The third-order valence-electron chi connectivity index (χ3n) is 4.23. The van der Waals surface area contributed by atoms with Gasteiger partial charge in [-0.2, -0.15) is 13.2 Å². The topological polar surface area (TPSA) is 42.7 Å². The van der Waals surface area contributed by atoms with Crippen LogP contribution >= 0.6 is 11.3 Å². The van der Waals surface area contributed by atoms with E-state index >= 15 is 0 Å². The van der Waals surface area contributed by atoms with Crippen molar-refractivity contribution in [2.75, 3.05) is 5.32 Å². The second-order valence-electron chi connectivity index (χ2n) is 6.22. The maximum atomic E-state index is 12.6.